The van der Waals surface area contributed by atoms with Crippen LogP contribution in [0, 0.1) is 11.8 Å². The molecule has 19 heavy (non-hydrogen) atoms. The summed E-state index contributed by atoms with van der Waals surface area (Å²) in [5.41, 5.74) is 5.97. The zero-order valence-corrected chi connectivity index (χ0v) is 13.5. The second kappa shape index (κ2) is 7.02. The molecule has 1 heterocycles. The standard InChI is InChI=1S/C13H29N3O2S/c1-11(2)13(14)7-9-15(4)19(17,18)16-8-5-6-12(3)10-16/h11-13H,5-10,14H2,1-4H3. The Morgan fingerprint density at radius 2 is 2.05 bits per heavy atom. The van der Waals surface area contributed by atoms with E-state index in [1.54, 1.807) is 11.4 Å². The van der Waals surface area contributed by atoms with E-state index in [9.17, 15) is 8.42 Å². The molecular formula is C13H29N3O2S. The first-order valence-electron chi connectivity index (χ1n) is 7.22. The van der Waals surface area contributed by atoms with E-state index in [2.05, 4.69) is 20.8 Å². The van der Waals surface area contributed by atoms with Crippen molar-refractivity contribution in [2.24, 2.45) is 17.6 Å². The normalized spacial score (nSPS) is 24.1. The average Bonchev–Trinajstić information content (AvgIpc) is 2.35. The highest BCUT2D eigenvalue weighted by Gasteiger charge is 2.30. The number of hydrogen-bond donors (Lipinski definition) is 1. The molecule has 0 aromatic rings. The maximum Gasteiger partial charge on any atom is 0.281 e. The second-order valence-electron chi connectivity index (χ2n) is 6.13. The van der Waals surface area contributed by atoms with Gasteiger partial charge < -0.3 is 5.73 Å². The van der Waals surface area contributed by atoms with Crippen molar-refractivity contribution >= 4 is 10.2 Å². The van der Waals surface area contributed by atoms with Crippen LogP contribution in [0.4, 0.5) is 0 Å². The summed E-state index contributed by atoms with van der Waals surface area (Å²) in [6.45, 7) is 8.01. The molecule has 1 rings (SSSR count). The van der Waals surface area contributed by atoms with E-state index in [1.807, 2.05) is 0 Å². The molecule has 114 valence electrons. The van der Waals surface area contributed by atoms with Gasteiger partial charge in [-0.2, -0.15) is 17.0 Å². The van der Waals surface area contributed by atoms with E-state index in [0.29, 0.717) is 37.9 Å². The van der Waals surface area contributed by atoms with Crippen LogP contribution in [0.1, 0.15) is 40.0 Å². The fourth-order valence-corrected chi connectivity index (χ4v) is 3.87. The van der Waals surface area contributed by atoms with Crippen LogP contribution in [0.15, 0.2) is 0 Å². The topological polar surface area (TPSA) is 66.6 Å². The molecule has 0 aliphatic carbocycles. The molecule has 1 fully saturated rings. The minimum Gasteiger partial charge on any atom is -0.327 e. The van der Waals surface area contributed by atoms with E-state index < -0.39 is 10.2 Å². The summed E-state index contributed by atoms with van der Waals surface area (Å²) < 4.78 is 27.9. The first-order chi connectivity index (χ1) is 8.75. The maximum absolute atomic E-state index is 12.4. The summed E-state index contributed by atoms with van der Waals surface area (Å²) >= 11 is 0. The van der Waals surface area contributed by atoms with Gasteiger partial charge in [-0.25, -0.2) is 0 Å². The van der Waals surface area contributed by atoms with Gasteiger partial charge in [0.15, 0.2) is 0 Å². The Kier molecular flexibility index (Phi) is 6.23. The first kappa shape index (κ1) is 16.9. The van der Waals surface area contributed by atoms with Crippen molar-refractivity contribution in [3.8, 4) is 0 Å². The van der Waals surface area contributed by atoms with E-state index in [1.165, 1.54) is 4.31 Å². The Bertz CT molecular complexity index is 370. The van der Waals surface area contributed by atoms with Crippen LogP contribution in [0.3, 0.4) is 0 Å². The molecule has 2 atom stereocenters. The van der Waals surface area contributed by atoms with Crippen molar-refractivity contribution in [1.29, 1.82) is 0 Å². The van der Waals surface area contributed by atoms with Crippen LogP contribution in [0.5, 0.6) is 0 Å². The molecule has 2 unspecified atom stereocenters. The predicted octanol–water partition coefficient (Wildman–Crippen LogP) is 1.27. The molecule has 2 N–H and O–H groups in total. The van der Waals surface area contributed by atoms with Crippen molar-refractivity contribution in [3.05, 3.63) is 0 Å². The molecule has 0 bridgehead atoms. The van der Waals surface area contributed by atoms with E-state index in [4.69, 9.17) is 5.73 Å². The third kappa shape index (κ3) is 4.70. The van der Waals surface area contributed by atoms with Crippen LogP contribution in [0.25, 0.3) is 0 Å². The van der Waals surface area contributed by atoms with Gasteiger partial charge in [-0.1, -0.05) is 20.8 Å². The fourth-order valence-electron chi connectivity index (χ4n) is 2.33. The van der Waals surface area contributed by atoms with Gasteiger partial charge in [-0.05, 0) is 31.1 Å². The minimum atomic E-state index is -3.31. The Labute approximate surface area is 118 Å². The van der Waals surface area contributed by atoms with Crippen molar-refractivity contribution in [2.75, 3.05) is 26.7 Å². The molecule has 1 aliphatic heterocycles. The zero-order valence-electron chi connectivity index (χ0n) is 12.7. The third-order valence-electron chi connectivity index (χ3n) is 3.97. The monoisotopic (exact) mass is 291 g/mol. The minimum absolute atomic E-state index is 0.0536. The summed E-state index contributed by atoms with van der Waals surface area (Å²) in [7, 11) is -1.65. The summed E-state index contributed by atoms with van der Waals surface area (Å²) in [4.78, 5) is 0. The van der Waals surface area contributed by atoms with E-state index in [0.717, 1.165) is 12.8 Å². The lowest BCUT2D eigenvalue weighted by atomic mass is 10.0. The molecule has 0 saturated carbocycles. The Morgan fingerprint density at radius 3 is 2.58 bits per heavy atom. The molecule has 0 amide bonds. The lowest BCUT2D eigenvalue weighted by molar-refractivity contribution is 0.261. The largest absolute Gasteiger partial charge is 0.327 e. The van der Waals surface area contributed by atoms with Gasteiger partial charge >= 0.3 is 0 Å². The Hall–Kier alpha value is -0.170. The van der Waals surface area contributed by atoms with Crippen LogP contribution >= 0.6 is 0 Å². The van der Waals surface area contributed by atoms with Crippen molar-refractivity contribution < 1.29 is 8.42 Å². The van der Waals surface area contributed by atoms with Gasteiger partial charge in [0.05, 0.1) is 0 Å². The first-order valence-corrected chi connectivity index (χ1v) is 8.61. The highest BCUT2D eigenvalue weighted by Crippen LogP contribution is 2.20. The highest BCUT2D eigenvalue weighted by molar-refractivity contribution is 7.86. The van der Waals surface area contributed by atoms with Gasteiger partial charge in [0.2, 0.25) is 0 Å². The summed E-state index contributed by atoms with van der Waals surface area (Å²) in [5, 5.41) is 0. The number of nitrogens with two attached hydrogens (primary N) is 1. The number of rotatable bonds is 6. The molecule has 5 nitrogen and oxygen atoms in total. The molecule has 0 radical (unpaired) electrons. The number of nitrogens with zero attached hydrogens (tertiary/aromatic N) is 2. The SMILES string of the molecule is CC1CCCN(S(=O)(=O)N(C)CCC(N)C(C)C)C1. The molecular weight excluding hydrogens is 262 g/mol. The lowest BCUT2D eigenvalue weighted by Crippen LogP contribution is -2.47. The molecule has 1 aliphatic rings. The average molecular weight is 291 g/mol. The van der Waals surface area contributed by atoms with E-state index >= 15 is 0 Å². The Balaban J connectivity index is 2.56. The second-order valence-corrected chi connectivity index (χ2v) is 8.17. The molecule has 6 heteroatoms. The lowest BCUT2D eigenvalue weighted by Gasteiger charge is -2.33. The third-order valence-corrected chi connectivity index (χ3v) is 5.93. The van der Waals surface area contributed by atoms with Gasteiger partial charge in [0.25, 0.3) is 10.2 Å². The molecule has 1 saturated heterocycles. The van der Waals surface area contributed by atoms with E-state index in [-0.39, 0.29) is 6.04 Å². The maximum atomic E-state index is 12.4. The molecule has 0 aromatic carbocycles. The Morgan fingerprint density at radius 1 is 1.42 bits per heavy atom. The van der Waals surface area contributed by atoms with Crippen LogP contribution in [0.2, 0.25) is 0 Å². The van der Waals surface area contributed by atoms with Crippen LogP contribution < -0.4 is 5.73 Å². The molecule has 0 spiro atoms. The van der Waals surface area contributed by atoms with Crippen molar-refractivity contribution in [1.82, 2.24) is 8.61 Å². The predicted molar refractivity (Wildman–Crippen MR) is 79.0 cm³/mol. The van der Waals surface area contributed by atoms with Gasteiger partial charge in [-0.3, -0.25) is 0 Å². The van der Waals surface area contributed by atoms with Crippen LogP contribution in [-0.2, 0) is 10.2 Å². The van der Waals surface area contributed by atoms with Gasteiger partial charge in [0.1, 0.15) is 0 Å². The summed E-state index contributed by atoms with van der Waals surface area (Å²) in [6, 6.07) is 0.0536. The van der Waals surface area contributed by atoms with Crippen molar-refractivity contribution in [2.45, 2.75) is 46.1 Å². The van der Waals surface area contributed by atoms with Gasteiger partial charge in [-0.15, -0.1) is 0 Å². The number of piperidine rings is 1. The fraction of sp³-hybridized carbons (Fsp3) is 1.00. The zero-order chi connectivity index (χ0) is 14.6. The molecule has 0 aromatic heterocycles. The summed E-state index contributed by atoms with van der Waals surface area (Å²) in [5.74, 6) is 0.834. The highest BCUT2D eigenvalue weighted by atomic mass is 32.2. The van der Waals surface area contributed by atoms with Gasteiger partial charge in [0, 0.05) is 32.7 Å². The smallest absolute Gasteiger partial charge is 0.281 e. The number of hydrogen-bond acceptors (Lipinski definition) is 3. The summed E-state index contributed by atoms with van der Waals surface area (Å²) in [6.07, 6.45) is 2.78. The van der Waals surface area contributed by atoms with Crippen LogP contribution in [-0.4, -0.2) is 49.8 Å². The quantitative estimate of drug-likeness (QED) is 0.801. The van der Waals surface area contributed by atoms with Crippen molar-refractivity contribution in [3.63, 3.8) is 0 Å².